The first-order valence-electron chi connectivity index (χ1n) is 5.55. The monoisotopic (exact) mass is 261 g/mol. The number of methoxy groups -OCH3 is 1. The second kappa shape index (κ2) is 7.77. The van der Waals surface area contributed by atoms with Crippen molar-refractivity contribution in [2.24, 2.45) is 5.16 Å². The van der Waals surface area contributed by atoms with Crippen molar-refractivity contribution in [2.75, 3.05) is 20.8 Å². The summed E-state index contributed by atoms with van der Waals surface area (Å²) in [5, 5.41) is 3.47. The van der Waals surface area contributed by atoms with E-state index in [4.69, 9.17) is 4.74 Å². The van der Waals surface area contributed by atoms with Crippen molar-refractivity contribution in [1.29, 1.82) is 0 Å². The third-order valence-corrected chi connectivity index (χ3v) is 2.16. The number of carbonyl (C=O) groups excluding carboxylic acids is 1. The molecule has 0 unspecified atom stereocenters. The van der Waals surface area contributed by atoms with Crippen LogP contribution in [0, 0.1) is 18.8 Å². The molecular formula is C14H15NO4. The van der Waals surface area contributed by atoms with Crippen LogP contribution in [0.25, 0.3) is 0 Å². The predicted octanol–water partition coefficient (Wildman–Crippen LogP) is 1.55. The van der Waals surface area contributed by atoms with Crippen LogP contribution in [-0.2, 0) is 14.4 Å². The molecule has 0 aliphatic carbocycles. The van der Waals surface area contributed by atoms with Gasteiger partial charge in [-0.2, -0.15) is 0 Å². The molecule has 1 aromatic rings. The fourth-order valence-corrected chi connectivity index (χ4v) is 1.25. The summed E-state index contributed by atoms with van der Waals surface area (Å²) in [6, 6.07) is 7.59. The Balaban J connectivity index is 2.62. The van der Waals surface area contributed by atoms with Crippen molar-refractivity contribution in [3.63, 3.8) is 0 Å². The zero-order chi connectivity index (χ0) is 14.1. The first kappa shape index (κ1) is 14.6. The summed E-state index contributed by atoms with van der Waals surface area (Å²) in [7, 11) is 2.58. The van der Waals surface area contributed by atoms with Crippen LogP contribution in [-0.4, -0.2) is 32.5 Å². The van der Waals surface area contributed by atoms with Crippen molar-refractivity contribution < 1.29 is 19.1 Å². The van der Waals surface area contributed by atoms with Gasteiger partial charge in [-0.3, -0.25) is 0 Å². The molecule has 0 N–H and O–H groups in total. The van der Waals surface area contributed by atoms with Gasteiger partial charge < -0.3 is 14.3 Å². The minimum atomic E-state index is -0.648. The topological polar surface area (TPSA) is 57.1 Å². The second-order valence-corrected chi connectivity index (χ2v) is 3.47. The fourth-order valence-electron chi connectivity index (χ4n) is 1.25. The van der Waals surface area contributed by atoms with Crippen LogP contribution in [0.1, 0.15) is 5.56 Å². The van der Waals surface area contributed by atoms with Crippen molar-refractivity contribution in [3.05, 3.63) is 29.8 Å². The molecule has 1 rings (SSSR count). The Kier molecular flexibility index (Phi) is 5.96. The highest BCUT2D eigenvalue weighted by Gasteiger charge is 2.08. The Bertz CT molecular complexity index is 526. The number of rotatable bonds is 4. The van der Waals surface area contributed by atoms with Gasteiger partial charge in [0.15, 0.2) is 0 Å². The molecule has 5 nitrogen and oxygen atoms in total. The van der Waals surface area contributed by atoms with E-state index in [0.717, 1.165) is 11.3 Å². The molecule has 19 heavy (non-hydrogen) atoms. The smallest absolute Gasteiger partial charge is 0.368 e. The number of hydrogen-bond donors (Lipinski definition) is 0. The van der Waals surface area contributed by atoms with Gasteiger partial charge in [-0.25, -0.2) is 4.79 Å². The Morgan fingerprint density at radius 2 is 2.05 bits per heavy atom. The summed E-state index contributed by atoms with van der Waals surface area (Å²) in [4.78, 5) is 15.7. The molecule has 0 heterocycles. The number of esters is 1. The molecule has 0 bridgehead atoms. The van der Waals surface area contributed by atoms with E-state index in [-0.39, 0.29) is 12.3 Å². The van der Waals surface area contributed by atoms with E-state index < -0.39 is 5.97 Å². The van der Waals surface area contributed by atoms with Crippen LogP contribution < -0.4 is 4.74 Å². The molecule has 0 radical (unpaired) electrons. The van der Waals surface area contributed by atoms with Crippen molar-refractivity contribution in [1.82, 2.24) is 0 Å². The van der Waals surface area contributed by atoms with E-state index in [1.54, 1.807) is 0 Å². The van der Waals surface area contributed by atoms with Gasteiger partial charge in [-0.05, 0) is 24.5 Å². The molecule has 0 spiro atoms. The fraction of sp³-hybridized carbons (Fsp3) is 0.286. The highest BCUT2D eigenvalue weighted by atomic mass is 16.6. The van der Waals surface area contributed by atoms with E-state index in [9.17, 15) is 4.79 Å². The number of benzene rings is 1. The summed E-state index contributed by atoms with van der Waals surface area (Å²) in [5.41, 5.74) is 0.918. The van der Waals surface area contributed by atoms with Crippen LogP contribution in [0.4, 0.5) is 0 Å². The first-order valence-corrected chi connectivity index (χ1v) is 5.55. The van der Waals surface area contributed by atoms with Crippen LogP contribution in [0.15, 0.2) is 29.4 Å². The molecule has 0 saturated carbocycles. The molecule has 100 valence electrons. The van der Waals surface area contributed by atoms with Gasteiger partial charge >= 0.3 is 5.97 Å². The standard InChI is InChI=1S/C14H15NO4/c1-11-7-4-5-9-13(11)19-10-6-8-12(15-18-3)14(16)17-2/h4-5,7,9H,10H2,1-3H3/b15-12+. The van der Waals surface area contributed by atoms with E-state index in [2.05, 4.69) is 26.6 Å². The number of carbonyl (C=O) groups is 1. The van der Waals surface area contributed by atoms with Gasteiger partial charge in [0.2, 0.25) is 5.71 Å². The largest absolute Gasteiger partial charge is 0.481 e. The molecule has 1 aromatic carbocycles. The van der Waals surface area contributed by atoms with Crippen molar-refractivity contribution in [2.45, 2.75) is 6.92 Å². The molecule has 0 aliphatic heterocycles. The molecule has 0 atom stereocenters. The highest BCUT2D eigenvalue weighted by Crippen LogP contribution is 2.15. The average molecular weight is 261 g/mol. The van der Waals surface area contributed by atoms with Crippen LogP contribution in [0.5, 0.6) is 5.75 Å². The second-order valence-electron chi connectivity index (χ2n) is 3.47. The van der Waals surface area contributed by atoms with Crippen LogP contribution in [0.2, 0.25) is 0 Å². The number of para-hydroxylation sites is 1. The quantitative estimate of drug-likeness (QED) is 0.357. The Labute approximate surface area is 112 Å². The molecule has 0 amide bonds. The maximum Gasteiger partial charge on any atom is 0.368 e. The Morgan fingerprint density at radius 3 is 2.68 bits per heavy atom. The van der Waals surface area contributed by atoms with E-state index in [1.165, 1.54) is 14.2 Å². The summed E-state index contributed by atoms with van der Waals surface area (Å²) in [5.74, 6) is 5.32. The lowest BCUT2D eigenvalue weighted by Gasteiger charge is -2.04. The Hall–Kier alpha value is -2.48. The lowest BCUT2D eigenvalue weighted by atomic mass is 10.2. The summed E-state index contributed by atoms with van der Waals surface area (Å²) in [6.45, 7) is 2.08. The molecule has 0 aliphatic rings. The van der Waals surface area contributed by atoms with Gasteiger partial charge in [0.05, 0.1) is 7.11 Å². The number of ether oxygens (including phenoxy) is 2. The molecular weight excluding hydrogens is 246 g/mol. The molecule has 0 saturated heterocycles. The molecule has 0 fully saturated rings. The third-order valence-electron chi connectivity index (χ3n) is 2.16. The van der Waals surface area contributed by atoms with Crippen molar-refractivity contribution in [3.8, 4) is 17.6 Å². The summed E-state index contributed by atoms with van der Waals surface area (Å²) in [6.07, 6.45) is 0. The zero-order valence-corrected chi connectivity index (χ0v) is 11.1. The SMILES string of the molecule is CO/N=C(\C#CCOc1ccccc1C)C(=O)OC. The third kappa shape index (κ3) is 4.72. The minimum Gasteiger partial charge on any atom is -0.481 e. The van der Waals surface area contributed by atoms with Crippen molar-refractivity contribution >= 4 is 11.7 Å². The van der Waals surface area contributed by atoms with Gasteiger partial charge in [-0.1, -0.05) is 29.3 Å². The first-order chi connectivity index (χ1) is 9.19. The normalized spacial score (nSPS) is 10.2. The summed E-state index contributed by atoms with van der Waals surface area (Å²) < 4.78 is 9.96. The lowest BCUT2D eigenvalue weighted by Crippen LogP contribution is -2.14. The van der Waals surface area contributed by atoms with E-state index in [1.807, 2.05) is 31.2 Å². The van der Waals surface area contributed by atoms with E-state index >= 15 is 0 Å². The molecule has 0 aromatic heterocycles. The maximum absolute atomic E-state index is 11.2. The van der Waals surface area contributed by atoms with Gasteiger partial charge in [0, 0.05) is 0 Å². The number of aryl methyl sites for hydroxylation is 1. The average Bonchev–Trinajstić information content (AvgIpc) is 2.43. The number of hydrogen-bond acceptors (Lipinski definition) is 5. The summed E-state index contributed by atoms with van der Waals surface area (Å²) >= 11 is 0. The Morgan fingerprint density at radius 1 is 1.32 bits per heavy atom. The van der Waals surface area contributed by atoms with Crippen LogP contribution in [0.3, 0.4) is 0 Å². The van der Waals surface area contributed by atoms with E-state index in [0.29, 0.717) is 0 Å². The lowest BCUT2D eigenvalue weighted by molar-refractivity contribution is -0.132. The zero-order valence-electron chi connectivity index (χ0n) is 11.1. The van der Waals surface area contributed by atoms with Gasteiger partial charge in [0.1, 0.15) is 19.5 Å². The number of oxime groups is 1. The maximum atomic E-state index is 11.2. The molecule has 5 heteroatoms. The van der Waals surface area contributed by atoms with Gasteiger partial charge in [-0.15, -0.1) is 0 Å². The highest BCUT2D eigenvalue weighted by molar-refractivity contribution is 6.43. The predicted molar refractivity (Wildman–Crippen MR) is 70.9 cm³/mol. The van der Waals surface area contributed by atoms with Crippen LogP contribution >= 0.6 is 0 Å². The minimum absolute atomic E-state index is 0.0987. The van der Waals surface area contributed by atoms with Gasteiger partial charge in [0.25, 0.3) is 0 Å². The number of nitrogens with zero attached hydrogens (tertiary/aromatic N) is 1.